The van der Waals surface area contributed by atoms with Crippen LogP contribution in [-0.2, 0) is 39.9 Å². The molecule has 0 fully saturated rings. The Labute approximate surface area is 243 Å². The number of amides is 3. The van der Waals surface area contributed by atoms with Crippen molar-refractivity contribution in [2.24, 2.45) is 11.3 Å². The lowest BCUT2D eigenvalue weighted by Gasteiger charge is -2.23. The fourth-order valence-corrected chi connectivity index (χ4v) is 4.02. The van der Waals surface area contributed by atoms with E-state index in [0.717, 1.165) is 12.1 Å². The standard InChI is InChI=1S/C29H49N5O7/c1-5-24(35)22(10-11-25(36)29(3,4)28(39)33-14-12-23-19-30-21-34-23)9-7-8-13-31-27(38)20-41-18-17-40-16-15-32-26(37)6-2/h19,21-22H,5-18,20H2,1-4H3,(H,30,34)(H,31,38)(H,32,37)(H,33,39)/t22-/m1/s1. The number of ether oxygens (including phenoxy) is 2. The van der Waals surface area contributed by atoms with Crippen LogP contribution in [0, 0.1) is 11.3 Å². The first-order chi connectivity index (χ1) is 19.6. The van der Waals surface area contributed by atoms with E-state index >= 15 is 0 Å². The lowest BCUT2D eigenvalue weighted by molar-refractivity contribution is -0.140. The predicted octanol–water partition coefficient (Wildman–Crippen LogP) is 1.89. The number of hydrogen-bond acceptors (Lipinski definition) is 8. The molecule has 0 aliphatic carbocycles. The van der Waals surface area contributed by atoms with E-state index in [1.807, 2.05) is 6.92 Å². The van der Waals surface area contributed by atoms with Crippen molar-refractivity contribution in [2.45, 2.75) is 79.1 Å². The first-order valence-electron chi connectivity index (χ1n) is 14.6. The topological polar surface area (TPSA) is 169 Å². The highest BCUT2D eigenvalue weighted by Crippen LogP contribution is 2.24. The van der Waals surface area contributed by atoms with Crippen molar-refractivity contribution < 1.29 is 33.4 Å². The highest BCUT2D eigenvalue weighted by atomic mass is 16.5. The van der Waals surface area contributed by atoms with Crippen molar-refractivity contribution in [3.8, 4) is 0 Å². The number of aromatic amines is 1. The van der Waals surface area contributed by atoms with Gasteiger partial charge in [0.15, 0.2) is 0 Å². The summed E-state index contributed by atoms with van der Waals surface area (Å²) in [6, 6.07) is 0. The first-order valence-corrected chi connectivity index (χ1v) is 14.6. The second-order valence-electron chi connectivity index (χ2n) is 10.4. The Hall–Kier alpha value is -3.12. The molecule has 232 valence electrons. The Balaban J connectivity index is 2.23. The normalized spacial score (nSPS) is 12.0. The number of ketones is 2. The number of aromatic nitrogens is 2. The minimum atomic E-state index is -1.18. The van der Waals surface area contributed by atoms with Crippen LogP contribution >= 0.6 is 0 Å². The van der Waals surface area contributed by atoms with E-state index in [2.05, 4.69) is 25.9 Å². The zero-order valence-corrected chi connectivity index (χ0v) is 25.1. The fourth-order valence-electron chi connectivity index (χ4n) is 4.02. The molecule has 0 aliphatic heterocycles. The maximum absolute atomic E-state index is 12.9. The molecule has 0 radical (unpaired) electrons. The van der Waals surface area contributed by atoms with Gasteiger partial charge in [0.05, 0.1) is 26.1 Å². The quantitative estimate of drug-likeness (QED) is 0.106. The van der Waals surface area contributed by atoms with E-state index in [1.54, 1.807) is 33.3 Å². The highest BCUT2D eigenvalue weighted by molar-refractivity contribution is 6.05. The van der Waals surface area contributed by atoms with Crippen molar-refractivity contribution >= 4 is 29.3 Å². The summed E-state index contributed by atoms with van der Waals surface area (Å²) in [6.45, 7) is 9.05. The van der Waals surface area contributed by atoms with Gasteiger partial charge in [0.2, 0.25) is 17.7 Å². The second-order valence-corrected chi connectivity index (χ2v) is 10.4. The number of nitrogens with one attached hydrogen (secondary N) is 4. The summed E-state index contributed by atoms with van der Waals surface area (Å²) in [6.07, 6.45) is 7.29. The summed E-state index contributed by atoms with van der Waals surface area (Å²) < 4.78 is 10.6. The minimum absolute atomic E-state index is 0.0250. The molecule has 0 saturated carbocycles. The summed E-state index contributed by atoms with van der Waals surface area (Å²) in [5, 5.41) is 8.32. The third-order valence-electron chi connectivity index (χ3n) is 6.82. The molecule has 12 nitrogen and oxygen atoms in total. The van der Waals surface area contributed by atoms with Crippen LogP contribution in [0.5, 0.6) is 0 Å². The summed E-state index contributed by atoms with van der Waals surface area (Å²) >= 11 is 0. The van der Waals surface area contributed by atoms with Crippen LogP contribution in [0.1, 0.15) is 78.3 Å². The van der Waals surface area contributed by atoms with E-state index < -0.39 is 5.41 Å². The zero-order chi connectivity index (χ0) is 30.5. The SMILES string of the molecule is CCC(=O)NCCOCCOCC(=O)NCCCC[C@H](CCC(=O)C(C)(C)C(=O)NCCc1cnc[nH]1)C(=O)CC. The molecule has 0 aromatic carbocycles. The monoisotopic (exact) mass is 579 g/mol. The molecule has 0 aliphatic rings. The van der Waals surface area contributed by atoms with Crippen molar-refractivity contribution in [1.82, 2.24) is 25.9 Å². The summed E-state index contributed by atoms with van der Waals surface area (Å²) in [7, 11) is 0. The second kappa shape index (κ2) is 20.7. The van der Waals surface area contributed by atoms with Gasteiger partial charge < -0.3 is 30.4 Å². The Morgan fingerprint density at radius 3 is 2.29 bits per heavy atom. The lowest BCUT2D eigenvalue weighted by Crippen LogP contribution is -2.43. The number of hydrogen-bond donors (Lipinski definition) is 4. The molecule has 41 heavy (non-hydrogen) atoms. The van der Waals surface area contributed by atoms with Crippen LogP contribution in [0.3, 0.4) is 0 Å². The fraction of sp³-hybridized carbons (Fsp3) is 0.724. The Bertz CT molecular complexity index is 934. The van der Waals surface area contributed by atoms with Gasteiger partial charge in [-0.25, -0.2) is 4.98 Å². The number of carbonyl (C=O) groups is 5. The van der Waals surface area contributed by atoms with Gasteiger partial charge in [-0.05, 0) is 33.1 Å². The molecule has 0 spiro atoms. The van der Waals surface area contributed by atoms with E-state index in [9.17, 15) is 24.0 Å². The van der Waals surface area contributed by atoms with Crippen molar-refractivity contribution in [3.63, 3.8) is 0 Å². The molecule has 1 aromatic rings. The molecule has 1 rings (SSSR count). The lowest BCUT2D eigenvalue weighted by atomic mass is 9.81. The van der Waals surface area contributed by atoms with Crippen LogP contribution in [-0.4, -0.2) is 85.3 Å². The molecule has 0 unspecified atom stereocenters. The molecule has 1 aromatic heterocycles. The number of carbonyl (C=O) groups excluding carboxylic acids is 5. The van der Waals surface area contributed by atoms with Gasteiger partial charge in [-0.15, -0.1) is 0 Å². The van der Waals surface area contributed by atoms with Gasteiger partial charge in [-0.2, -0.15) is 0 Å². The number of nitrogens with zero attached hydrogens (tertiary/aromatic N) is 1. The van der Waals surface area contributed by atoms with E-state index in [4.69, 9.17) is 9.47 Å². The van der Waals surface area contributed by atoms with Gasteiger partial charge >= 0.3 is 0 Å². The molecule has 1 atom stereocenters. The third kappa shape index (κ3) is 15.5. The highest BCUT2D eigenvalue weighted by Gasteiger charge is 2.35. The van der Waals surface area contributed by atoms with Crippen LogP contribution in [0.25, 0.3) is 0 Å². The zero-order valence-electron chi connectivity index (χ0n) is 25.1. The van der Waals surface area contributed by atoms with Crippen molar-refractivity contribution in [2.75, 3.05) is 46.1 Å². The van der Waals surface area contributed by atoms with Gasteiger partial charge in [0.1, 0.15) is 23.6 Å². The van der Waals surface area contributed by atoms with Gasteiger partial charge in [0, 0.05) is 63.1 Å². The van der Waals surface area contributed by atoms with Gasteiger partial charge in [-0.3, -0.25) is 24.0 Å². The molecular weight excluding hydrogens is 530 g/mol. The number of Topliss-reactive ketones (excluding diaryl/α,β-unsaturated/α-hetero) is 2. The molecule has 1 heterocycles. The number of rotatable bonds is 24. The number of unbranched alkanes of at least 4 members (excludes halogenated alkanes) is 1. The average molecular weight is 580 g/mol. The van der Waals surface area contributed by atoms with Crippen LogP contribution in [0.15, 0.2) is 12.5 Å². The molecule has 0 bridgehead atoms. The maximum atomic E-state index is 12.9. The molecule has 3 amide bonds. The van der Waals surface area contributed by atoms with Crippen LogP contribution in [0.4, 0.5) is 0 Å². The maximum Gasteiger partial charge on any atom is 0.245 e. The molecule has 0 saturated heterocycles. The van der Waals surface area contributed by atoms with Gasteiger partial charge in [-0.1, -0.05) is 20.3 Å². The Morgan fingerprint density at radius 1 is 0.878 bits per heavy atom. The predicted molar refractivity (Wildman–Crippen MR) is 154 cm³/mol. The van der Waals surface area contributed by atoms with Crippen molar-refractivity contribution in [1.29, 1.82) is 0 Å². The Morgan fingerprint density at radius 2 is 1.61 bits per heavy atom. The van der Waals surface area contributed by atoms with E-state index in [0.29, 0.717) is 71.4 Å². The van der Waals surface area contributed by atoms with E-state index in [-0.39, 0.29) is 54.8 Å². The van der Waals surface area contributed by atoms with Crippen LogP contribution < -0.4 is 16.0 Å². The summed E-state index contributed by atoms with van der Waals surface area (Å²) in [5.41, 5.74) is -0.282. The Kier molecular flexibility index (Phi) is 18.1. The first kappa shape index (κ1) is 35.9. The average Bonchev–Trinajstić information content (AvgIpc) is 3.48. The molecule has 4 N–H and O–H groups in total. The summed E-state index contributed by atoms with van der Waals surface area (Å²) in [4.78, 5) is 68.0. The number of imidazole rings is 1. The largest absolute Gasteiger partial charge is 0.377 e. The summed E-state index contributed by atoms with van der Waals surface area (Å²) in [5.74, 6) is -0.916. The van der Waals surface area contributed by atoms with Crippen LogP contribution in [0.2, 0.25) is 0 Å². The molecular formula is C29H49N5O7. The third-order valence-corrected chi connectivity index (χ3v) is 6.82. The molecule has 12 heteroatoms. The van der Waals surface area contributed by atoms with Gasteiger partial charge in [0.25, 0.3) is 0 Å². The smallest absolute Gasteiger partial charge is 0.245 e. The van der Waals surface area contributed by atoms with Crippen molar-refractivity contribution in [3.05, 3.63) is 18.2 Å². The minimum Gasteiger partial charge on any atom is -0.377 e. The number of H-pyrrole nitrogens is 1. The van der Waals surface area contributed by atoms with E-state index in [1.165, 1.54) is 0 Å².